The fraction of sp³-hybridized carbons (Fsp3) is 0.600. The first-order valence-corrected chi connectivity index (χ1v) is 11.3. The largest absolute Gasteiger partial charge is 0.412 e. The van der Waals surface area contributed by atoms with Gasteiger partial charge in [-0.1, -0.05) is 53.7 Å². The van der Waals surface area contributed by atoms with Crippen LogP contribution in [-0.2, 0) is 4.43 Å². The molecule has 25 heavy (non-hydrogen) atoms. The van der Waals surface area contributed by atoms with Crippen molar-refractivity contribution in [2.75, 3.05) is 6.52 Å². The van der Waals surface area contributed by atoms with Crippen LogP contribution in [-0.4, -0.2) is 37.7 Å². The Labute approximate surface area is 154 Å². The molecule has 2 atom stereocenters. The molecule has 0 fully saturated rings. The zero-order valence-corrected chi connectivity index (χ0v) is 17.4. The van der Waals surface area contributed by atoms with Crippen molar-refractivity contribution >= 4 is 20.1 Å². The van der Waals surface area contributed by atoms with Gasteiger partial charge in [0.25, 0.3) is 11.8 Å². The van der Waals surface area contributed by atoms with E-state index in [0.717, 1.165) is 4.90 Å². The molecule has 0 radical (unpaired) electrons. The second kappa shape index (κ2) is 7.42. The summed E-state index contributed by atoms with van der Waals surface area (Å²) in [7, 11) is -2.20. The van der Waals surface area contributed by atoms with Gasteiger partial charge >= 0.3 is 0 Å². The van der Waals surface area contributed by atoms with E-state index < -0.39 is 32.8 Å². The summed E-state index contributed by atoms with van der Waals surface area (Å²) in [6.45, 7) is 13.8. The van der Waals surface area contributed by atoms with Gasteiger partial charge in [0.2, 0.25) is 8.32 Å². The highest BCUT2D eigenvalue weighted by Crippen LogP contribution is 2.43. The molecular weight excluding hydrogens is 330 g/mol. The van der Waals surface area contributed by atoms with Crippen LogP contribution < -0.4 is 0 Å². The monoisotopic (exact) mass is 362 g/mol. The van der Waals surface area contributed by atoms with Gasteiger partial charge in [0.05, 0.1) is 25.1 Å². The Bertz CT molecular complexity index is 633. The van der Waals surface area contributed by atoms with Crippen LogP contribution in [0.15, 0.2) is 24.3 Å². The molecule has 0 spiro atoms. The maximum Gasteiger partial charge on any atom is 0.261 e. The average molecular weight is 363 g/mol. The fourth-order valence-corrected chi connectivity index (χ4v) is 9.84. The molecule has 0 aliphatic carbocycles. The van der Waals surface area contributed by atoms with Crippen molar-refractivity contribution in [3.63, 3.8) is 0 Å². The van der Waals surface area contributed by atoms with Crippen LogP contribution in [0.4, 0.5) is 0 Å². The van der Waals surface area contributed by atoms with Gasteiger partial charge in [0, 0.05) is 0 Å². The maximum atomic E-state index is 12.7. The lowest BCUT2D eigenvalue weighted by Gasteiger charge is -2.44. The molecule has 0 bridgehead atoms. The normalized spacial score (nSPS) is 18.2. The van der Waals surface area contributed by atoms with Crippen molar-refractivity contribution in [1.82, 2.24) is 4.90 Å². The lowest BCUT2D eigenvalue weighted by Crippen LogP contribution is -2.51. The molecule has 4 nitrogen and oxygen atoms in total. The first kappa shape index (κ1) is 18.3. The van der Waals surface area contributed by atoms with Gasteiger partial charge in [-0.15, -0.1) is 0 Å². The number of amides is 2. The molecule has 0 saturated carbocycles. The van der Waals surface area contributed by atoms with Gasteiger partial charge in [-0.25, -0.2) is 0 Å². The van der Waals surface area contributed by atoms with E-state index >= 15 is 0 Å². The summed E-state index contributed by atoms with van der Waals surface area (Å²) in [6, 6.07) is 6.76. The number of hydrogen-bond donors (Lipinski definition) is 0. The maximum absolute atomic E-state index is 12.7. The summed E-state index contributed by atoms with van der Waals surface area (Å²) in [5, 5.41) is 0. The third kappa shape index (κ3) is 3.44. The van der Waals surface area contributed by atoms with E-state index in [1.165, 1.54) is 0 Å². The fourth-order valence-electron chi connectivity index (χ4n) is 4.31. The van der Waals surface area contributed by atoms with Gasteiger partial charge in [0.15, 0.2) is 0 Å². The number of fused-ring (bicyclic) bond motifs is 1. The van der Waals surface area contributed by atoms with Crippen molar-refractivity contribution in [1.29, 1.82) is 0 Å². The lowest BCUT2D eigenvalue weighted by atomic mass is 10.1. The Balaban J connectivity index is 2.29. The molecule has 1 aromatic rings. The van der Waals surface area contributed by atoms with Crippen LogP contribution in [0.1, 0.15) is 70.6 Å². The molecule has 138 valence electrons. The molecule has 2 amide bonds. The van der Waals surface area contributed by atoms with Gasteiger partial charge in [-0.05, 0) is 35.7 Å². The lowest BCUT2D eigenvalue weighted by molar-refractivity contribution is 0.0570. The molecule has 5 heteroatoms. The number of imide groups is 1. The van der Waals surface area contributed by atoms with Gasteiger partial charge in [-0.2, -0.15) is 0 Å². The third-order valence-corrected chi connectivity index (χ3v) is 11.5. The van der Waals surface area contributed by atoms with Gasteiger partial charge < -0.3 is 4.43 Å². The van der Waals surface area contributed by atoms with E-state index in [1.54, 1.807) is 24.3 Å². The number of benzene rings is 1. The summed E-state index contributed by atoms with van der Waals surface area (Å²) in [4.78, 5) is 26.4. The highest BCUT2D eigenvalue weighted by atomic mass is 28.4. The van der Waals surface area contributed by atoms with Crippen molar-refractivity contribution in [3.8, 4) is 0 Å². The van der Waals surface area contributed by atoms with Crippen LogP contribution in [0.2, 0.25) is 16.6 Å². The number of carbonyl (C=O) groups excluding carboxylic acids is 2. The molecule has 2 rings (SSSR count). The predicted octanol–water partition coefficient (Wildman–Crippen LogP) is 4.86. The smallest absolute Gasteiger partial charge is 0.261 e. The second-order valence-corrected chi connectivity index (χ2v) is 13.2. The van der Waals surface area contributed by atoms with Crippen molar-refractivity contribution in [3.05, 3.63) is 35.4 Å². The van der Waals surface area contributed by atoms with E-state index in [0.29, 0.717) is 27.8 Å². The highest BCUT2D eigenvalue weighted by Gasteiger charge is 2.47. The Morgan fingerprint density at radius 3 is 1.68 bits per heavy atom. The first-order valence-electron chi connectivity index (χ1n) is 9.70. The SMILES string of the molecule is [2H][C@@H]([C@@H](C)O[Si](C(C)C)(C(C)C)C(C)C)N1C(=O)c2ccccc2C1=O. The van der Waals surface area contributed by atoms with E-state index in [-0.39, 0.29) is 0 Å². The van der Waals surface area contributed by atoms with E-state index in [9.17, 15) is 9.59 Å². The standard InChI is InChI=1S/C20H31NO3Si/c1-13(2)25(14(3)4,15(5)6)24-16(7)12-21-19(22)17-10-8-9-11-18(17)20(21)23/h8-11,13-16H,12H2,1-7H3/t16-/m1/s1/i12D/t12-,16+/m0. The van der Waals surface area contributed by atoms with Crippen LogP contribution in [0.3, 0.4) is 0 Å². The number of rotatable bonds is 7. The van der Waals surface area contributed by atoms with Crippen LogP contribution in [0, 0.1) is 0 Å². The highest BCUT2D eigenvalue weighted by molar-refractivity contribution is 6.77. The number of hydrogen-bond acceptors (Lipinski definition) is 3. The Morgan fingerprint density at radius 1 is 0.920 bits per heavy atom. The topological polar surface area (TPSA) is 46.6 Å². The molecule has 0 aromatic heterocycles. The molecule has 0 N–H and O–H groups in total. The van der Waals surface area contributed by atoms with E-state index in [4.69, 9.17) is 5.80 Å². The zero-order chi connectivity index (χ0) is 19.8. The third-order valence-electron chi connectivity index (χ3n) is 5.28. The Morgan fingerprint density at radius 2 is 1.32 bits per heavy atom. The number of carbonyl (C=O) groups is 2. The molecule has 1 aliphatic heterocycles. The summed E-state index contributed by atoms with van der Waals surface area (Å²) in [5.74, 6) is -0.793. The average Bonchev–Trinajstić information content (AvgIpc) is 2.82. The van der Waals surface area contributed by atoms with E-state index in [1.807, 2.05) is 6.92 Å². The molecule has 0 unspecified atom stereocenters. The molecule has 1 aliphatic rings. The number of nitrogens with zero attached hydrogens (tertiary/aromatic N) is 1. The van der Waals surface area contributed by atoms with Crippen molar-refractivity contribution in [2.24, 2.45) is 0 Å². The van der Waals surface area contributed by atoms with Crippen molar-refractivity contribution < 1.29 is 15.4 Å². The van der Waals surface area contributed by atoms with E-state index in [2.05, 4.69) is 41.5 Å². The molecule has 1 aromatic carbocycles. The van der Waals surface area contributed by atoms with Crippen LogP contribution in [0.25, 0.3) is 0 Å². The zero-order valence-electron chi connectivity index (χ0n) is 17.4. The predicted molar refractivity (Wildman–Crippen MR) is 103 cm³/mol. The molecule has 0 saturated heterocycles. The quantitative estimate of drug-likeness (QED) is 0.514. The minimum absolute atomic E-state index is 0.374. The minimum Gasteiger partial charge on any atom is -0.412 e. The van der Waals surface area contributed by atoms with Crippen LogP contribution >= 0.6 is 0 Å². The minimum atomic E-state index is -2.20. The Hall–Kier alpha value is -1.46. The van der Waals surface area contributed by atoms with Crippen molar-refractivity contribution in [2.45, 2.75) is 71.2 Å². The second-order valence-electron chi connectivity index (χ2n) is 7.82. The van der Waals surface area contributed by atoms with Gasteiger partial charge in [0.1, 0.15) is 0 Å². The molecule has 1 heterocycles. The molecular formula is C20H31NO3Si. The summed E-state index contributed by atoms with van der Waals surface area (Å²) >= 11 is 0. The summed E-state index contributed by atoms with van der Waals surface area (Å²) < 4.78 is 15.2. The summed E-state index contributed by atoms with van der Waals surface area (Å²) in [6.07, 6.45) is -0.531. The van der Waals surface area contributed by atoms with Gasteiger partial charge in [-0.3, -0.25) is 14.5 Å². The Kier molecular flexibility index (Phi) is 5.44. The summed E-state index contributed by atoms with van der Waals surface area (Å²) in [5.41, 5.74) is 1.88. The van der Waals surface area contributed by atoms with Crippen LogP contribution in [0.5, 0.6) is 0 Å². The first-order chi connectivity index (χ1) is 12.1.